The topological polar surface area (TPSA) is 33.1 Å². The Labute approximate surface area is 101 Å². The van der Waals surface area contributed by atoms with Crippen molar-refractivity contribution in [3.05, 3.63) is 48.3 Å². The maximum atomic E-state index is 9.72. The molecule has 1 atom stereocenters. The Hall–Kier alpha value is -1.67. The summed E-state index contributed by atoms with van der Waals surface area (Å²) in [5.41, 5.74) is 2.40. The van der Waals surface area contributed by atoms with E-state index in [-0.39, 0.29) is 6.10 Å². The van der Waals surface area contributed by atoms with E-state index in [0.29, 0.717) is 0 Å². The molecule has 86 valence electrons. The summed E-state index contributed by atoms with van der Waals surface area (Å²) in [5.74, 6) is 0. The maximum Gasteiger partial charge on any atom is 0.0726 e. The van der Waals surface area contributed by atoms with Crippen molar-refractivity contribution in [3.63, 3.8) is 0 Å². The average molecular weight is 225 g/mol. The first kappa shape index (κ1) is 10.5. The Morgan fingerprint density at radius 1 is 1.18 bits per heavy atom. The van der Waals surface area contributed by atoms with Crippen LogP contribution in [0.3, 0.4) is 0 Å². The van der Waals surface area contributed by atoms with E-state index in [2.05, 4.69) is 17.1 Å². The predicted octanol–water partition coefficient (Wildman–Crippen LogP) is 3.16. The number of hydrogen-bond acceptors (Lipinski definition) is 2. The van der Waals surface area contributed by atoms with E-state index in [1.165, 1.54) is 16.5 Å². The second kappa shape index (κ2) is 4.30. The van der Waals surface area contributed by atoms with Crippen molar-refractivity contribution in [1.29, 1.82) is 0 Å². The molecular formula is C15H15NO. The summed E-state index contributed by atoms with van der Waals surface area (Å²) in [6.07, 6.45) is 8.44. The monoisotopic (exact) mass is 225 g/mol. The number of pyridine rings is 1. The van der Waals surface area contributed by atoms with Crippen LogP contribution in [0.1, 0.15) is 24.8 Å². The first-order valence-corrected chi connectivity index (χ1v) is 6.06. The molecule has 0 bridgehead atoms. The largest absolute Gasteiger partial charge is 0.389 e. The van der Waals surface area contributed by atoms with Crippen LogP contribution in [0.25, 0.3) is 16.3 Å². The van der Waals surface area contributed by atoms with Crippen LogP contribution in [0.2, 0.25) is 0 Å². The van der Waals surface area contributed by atoms with Crippen LogP contribution in [0.15, 0.2) is 42.7 Å². The van der Waals surface area contributed by atoms with Gasteiger partial charge in [0, 0.05) is 23.3 Å². The second-order valence-corrected chi connectivity index (χ2v) is 4.56. The molecule has 17 heavy (non-hydrogen) atoms. The lowest BCUT2D eigenvalue weighted by molar-refractivity contribution is 0.206. The summed E-state index contributed by atoms with van der Waals surface area (Å²) in [6.45, 7) is 0. The molecule has 0 spiro atoms. The third-order valence-corrected chi connectivity index (χ3v) is 3.35. The number of benzene rings is 1. The SMILES string of the molecule is OC1C=C(c2cncc3ccccc23)CCC1. The molecule has 0 saturated heterocycles. The van der Waals surface area contributed by atoms with Crippen molar-refractivity contribution in [1.82, 2.24) is 4.98 Å². The van der Waals surface area contributed by atoms with Crippen LogP contribution in [0.5, 0.6) is 0 Å². The summed E-state index contributed by atoms with van der Waals surface area (Å²) in [5, 5.41) is 12.1. The zero-order valence-electron chi connectivity index (χ0n) is 9.63. The van der Waals surface area contributed by atoms with Crippen molar-refractivity contribution < 1.29 is 5.11 Å². The fourth-order valence-corrected chi connectivity index (χ4v) is 2.50. The summed E-state index contributed by atoms with van der Waals surface area (Å²) in [4.78, 5) is 4.29. The number of aliphatic hydroxyl groups is 1. The van der Waals surface area contributed by atoms with Gasteiger partial charge in [0.05, 0.1) is 6.10 Å². The molecule has 3 rings (SSSR count). The molecule has 1 aliphatic rings. The molecule has 1 heterocycles. The number of aliphatic hydroxyl groups excluding tert-OH is 1. The van der Waals surface area contributed by atoms with E-state index in [4.69, 9.17) is 0 Å². The Kier molecular flexibility index (Phi) is 2.65. The smallest absolute Gasteiger partial charge is 0.0726 e. The highest BCUT2D eigenvalue weighted by molar-refractivity contribution is 5.93. The molecule has 0 saturated carbocycles. The fourth-order valence-electron chi connectivity index (χ4n) is 2.50. The van der Waals surface area contributed by atoms with E-state index >= 15 is 0 Å². The Morgan fingerprint density at radius 3 is 2.94 bits per heavy atom. The summed E-state index contributed by atoms with van der Waals surface area (Å²) in [7, 11) is 0. The zero-order valence-corrected chi connectivity index (χ0v) is 9.63. The van der Waals surface area contributed by atoms with E-state index in [1.54, 1.807) is 0 Å². The number of hydrogen-bond donors (Lipinski definition) is 1. The van der Waals surface area contributed by atoms with Gasteiger partial charge in [0.15, 0.2) is 0 Å². The molecular weight excluding hydrogens is 210 g/mol. The number of allylic oxidation sites excluding steroid dienone is 1. The summed E-state index contributed by atoms with van der Waals surface area (Å²) < 4.78 is 0. The van der Waals surface area contributed by atoms with Crippen LogP contribution in [-0.2, 0) is 0 Å². The lowest BCUT2D eigenvalue weighted by Gasteiger charge is -2.18. The molecule has 0 aliphatic heterocycles. The van der Waals surface area contributed by atoms with E-state index in [0.717, 1.165) is 24.6 Å². The van der Waals surface area contributed by atoms with Gasteiger partial charge in [-0.3, -0.25) is 4.98 Å². The van der Waals surface area contributed by atoms with Crippen molar-refractivity contribution in [3.8, 4) is 0 Å². The minimum absolute atomic E-state index is 0.294. The maximum absolute atomic E-state index is 9.72. The highest BCUT2D eigenvalue weighted by Crippen LogP contribution is 2.31. The van der Waals surface area contributed by atoms with Gasteiger partial charge in [-0.05, 0) is 30.2 Å². The molecule has 2 nitrogen and oxygen atoms in total. The van der Waals surface area contributed by atoms with Gasteiger partial charge in [0.1, 0.15) is 0 Å². The molecule has 0 amide bonds. The van der Waals surface area contributed by atoms with E-state index in [9.17, 15) is 5.11 Å². The molecule has 1 aromatic carbocycles. The third kappa shape index (κ3) is 1.96. The van der Waals surface area contributed by atoms with Crippen molar-refractivity contribution >= 4 is 16.3 Å². The van der Waals surface area contributed by atoms with E-state index < -0.39 is 0 Å². The summed E-state index contributed by atoms with van der Waals surface area (Å²) in [6, 6.07) is 8.27. The molecule has 1 unspecified atom stereocenters. The Balaban J connectivity index is 2.17. The minimum atomic E-state index is -0.294. The first-order valence-electron chi connectivity index (χ1n) is 6.06. The normalized spacial score (nSPS) is 20.3. The number of rotatable bonds is 1. The fraction of sp³-hybridized carbons (Fsp3) is 0.267. The van der Waals surface area contributed by atoms with Gasteiger partial charge < -0.3 is 5.11 Å². The van der Waals surface area contributed by atoms with Gasteiger partial charge in [-0.2, -0.15) is 0 Å². The predicted molar refractivity (Wildman–Crippen MR) is 69.6 cm³/mol. The average Bonchev–Trinajstić information content (AvgIpc) is 2.38. The summed E-state index contributed by atoms with van der Waals surface area (Å²) >= 11 is 0. The van der Waals surface area contributed by atoms with Gasteiger partial charge in [-0.1, -0.05) is 30.3 Å². The van der Waals surface area contributed by atoms with Crippen LogP contribution in [0, 0.1) is 0 Å². The minimum Gasteiger partial charge on any atom is -0.389 e. The van der Waals surface area contributed by atoms with Crippen LogP contribution in [0.4, 0.5) is 0 Å². The molecule has 1 aromatic heterocycles. The molecule has 2 aromatic rings. The molecule has 0 fully saturated rings. The molecule has 1 aliphatic carbocycles. The van der Waals surface area contributed by atoms with E-state index in [1.807, 2.05) is 30.6 Å². The van der Waals surface area contributed by atoms with Gasteiger partial charge in [-0.15, -0.1) is 0 Å². The van der Waals surface area contributed by atoms with Gasteiger partial charge in [0.2, 0.25) is 0 Å². The van der Waals surface area contributed by atoms with Gasteiger partial charge in [0.25, 0.3) is 0 Å². The number of nitrogens with zero attached hydrogens (tertiary/aromatic N) is 1. The Morgan fingerprint density at radius 2 is 2.06 bits per heavy atom. The van der Waals surface area contributed by atoms with Crippen molar-refractivity contribution in [2.45, 2.75) is 25.4 Å². The van der Waals surface area contributed by atoms with Crippen LogP contribution >= 0.6 is 0 Å². The highest BCUT2D eigenvalue weighted by atomic mass is 16.3. The van der Waals surface area contributed by atoms with Crippen molar-refractivity contribution in [2.24, 2.45) is 0 Å². The van der Waals surface area contributed by atoms with Gasteiger partial charge >= 0.3 is 0 Å². The quantitative estimate of drug-likeness (QED) is 0.808. The molecule has 0 radical (unpaired) electrons. The van der Waals surface area contributed by atoms with Crippen LogP contribution in [-0.4, -0.2) is 16.2 Å². The first-order chi connectivity index (χ1) is 8.34. The second-order valence-electron chi connectivity index (χ2n) is 4.56. The van der Waals surface area contributed by atoms with Crippen molar-refractivity contribution in [2.75, 3.05) is 0 Å². The molecule has 2 heteroatoms. The number of aromatic nitrogens is 1. The zero-order chi connectivity index (χ0) is 11.7. The third-order valence-electron chi connectivity index (χ3n) is 3.35. The lowest BCUT2D eigenvalue weighted by Crippen LogP contribution is -2.08. The number of fused-ring (bicyclic) bond motifs is 1. The standard InChI is InChI=1S/C15H15NO/c17-13-6-3-5-11(8-13)15-10-16-9-12-4-1-2-7-14(12)15/h1-2,4,7-10,13,17H,3,5-6H2. The Bertz CT molecular complexity index is 569. The molecule has 1 N–H and O–H groups in total. The van der Waals surface area contributed by atoms with Gasteiger partial charge in [-0.25, -0.2) is 0 Å². The highest BCUT2D eigenvalue weighted by Gasteiger charge is 2.14. The van der Waals surface area contributed by atoms with Crippen LogP contribution < -0.4 is 0 Å². The lowest BCUT2D eigenvalue weighted by atomic mass is 9.91.